The highest BCUT2D eigenvalue weighted by molar-refractivity contribution is 6.40. The summed E-state index contributed by atoms with van der Waals surface area (Å²) in [6, 6.07) is 0. The zero-order chi connectivity index (χ0) is 13.5. The van der Waals surface area contributed by atoms with Crippen molar-refractivity contribution in [3.63, 3.8) is 0 Å². The summed E-state index contributed by atoms with van der Waals surface area (Å²) in [5.74, 6) is 0.890. The second kappa shape index (κ2) is 7.83. The quantitative estimate of drug-likeness (QED) is 0.497. The molecule has 1 unspecified atom stereocenters. The molecule has 0 amide bonds. The first-order valence-corrected chi connectivity index (χ1v) is 7.42. The molecule has 0 radical (unpaired) electrons. The van der Waals surface area contributed by atoms with E-state index in [9.17, 15) is 4.79 Å². The van der Waals surface area contributed by atoms with Crippen LogP contribution in [0.5, 0.6) is 0 Å². The van der Waals surface area contributed by atoms with Gasteiger partial charge in [-0.15, -0.1) is 0 Å². The predicted molar refractivity (Wildman–Crippen MR) is 75.5 cm³/mol. The van der Waals surface area contributed by atoms with Gasteiger partial charge in [-0.3, -0.25) is 0 Å². The summed E-state index contributed by atoms with van der Waals surface area (Å²) in [5.41, 5.74) is 0. The minimum atomic E-state index is -0.464. The Morgan fingerprint density at radius 3 is 2.50 bits per heavy atom. The van der Waals surface area contributed by atoms with Crippen molar-refractivity contribution in [2.45, 2.75) is 64.9 Å². The highest BCUT2D eigenvalue weighted by atomic mass is 35.5. The van der Waals surface area contributed by atoms with Crippen LogP contribution in [0.2, 0.25) is 0 Å². The molecule has 0 bridgehead atoms. The molecule has 0 aliphatic heterocycles. The molecule has 18 heavy (non-hydrogen) atoms. The Kier molecular flexibility index (Phi) is 6.77. The van der Waals surface area contributed by atoms with E-state index in [2.05, 4.69) is 20.4 Å². The van der Waals surface area contributed by atoms with Gasteiger partial charge in [0.25, 0.3) is 0 Å². The fourth-order valence-electron chi connectivity index (χ4n) is 2.69. The van der Waals surface area contributed by atoms with Gasteiger partial charge >= 0.3 is 5.97 Å². The molecule has 1 saturated carbocycles. The van der Waals surface area contributed by atoms with Crippen molar-refractivity contribution in [2.75, 3.05) is 0 Å². The van der Waals surface area contributed by atoms with Crippen LogP contribution in [0.1, 0.15) is 58.8 Å². The largest absolute Gasteiger partial charge is 0.458 e. The van der Waals surface area contributed by atoms with E-state index in [1.807, 2.05) is 0 Å². The van der Waals surface area contributed by atoms with Gasteiger partial charge in [0.05, 0.1) is 0 Å². The topological polar surface area (TPSA) is 26.3 Å². The van der Waals surface area contributed by atoms with Crippen molar-refractivity contribution in [3.8, 4) is 0 Å². The monoisotopic (exact) mass is 272 g/mol. The summed E-state index contributed by atoms with van der Waals surface area (Å²) in [6.07, 6.45) is 8.42. The SMILES string of the molecule is C=C(Cl)C(=O)OC(CCC1CCCC1)CC(C)C. The zero-order valence-electron chi connectivity index (χ0n) is 11.6. The number of hydrogen-bond acceptors (Lipinski definition) is 2. The number of hydrogen-bond donors (Lipinski definition) is 0. The molecule has 0 aromatic carbocycles. The van der Waals surface area contributed by atoms with Crippen molar-refractivity contribution in [1.82, 2.24) is 0 Å². The van der Waals surface area contributed by atoms with Gasteiger partial charge in [0.1, 0.15) is 11.1 Å². The van der Waals surface area contributed by atoms with Crippen molar-refractivity contribution in [3.05, 3.63) is 11.6 Å². The van der Waals surface area contributed by atoms with Crippen molar-refractivity contribution in [1.29, 1.82) is 0 Å². The van der Waals surface area contributed by atoms with Crippen LogP contribution in [-0.2, 0) is 9.53 Å². The van der Waals surface area contributed by atoms with Gasteiger partial charge in [-0.25, -0.2) is 4.79 Å². The molecule has 1 atom stereocenters. The van der Waals surface area contributed by atoms with E-state index in [1.54, 1.807) is 0 Å². The zero-order valence-corrected chi connectivity index (χ0v) is 12.3. The molecule has 0 spiro atoms. The number of rotatable bonds is 7. The summed E-state index contributed by atoms with van der Waals surface area (Å²) < 4.78 is 5.41. The van der Waals surface area contributed by atoms with Gasteiger partial charge in [-0.1, -0.05) is 57.7 Å². The number of carbonyl (C=O) groups is 1. The summed E-state index contributed by atoms with van der Waals surface area (Å²) >= 11 is 5.57. The number of esters is 1. The van der Waals surface area contributed by atoms with Crippen LogP contribution in [0, 0.1) is 11.8 Å². The molecule has 0 heterocycles. The van der Waals surface area contributed by atoms with E-state index in [0.29, 0.717) is 5.92 Å². The van der Waals surface area contributed by atoms with E-state index < -0.39 is 5.97 Å². The molecule has 104 valence electrons. The molecule has 1 aliphatic rings. The molecule has 1 fully saturated rings. The number of carbonyl (C=O) groups excluding carboxylic acids is 1. The first-order chi connectivity index (χ1) is 8.49. The Hall–Kier alpha value is -0.500. The molecule has 0 aromatic rings. The van der Waals surface area contributed by atoms with Crippen LogP contribution < -0.4 is 0 Å². The standard InChI is InChI=1S/C15H25ClO2/c1-11(2)10-14(18-15(17)12(3)16)9-8-13-6-4-5-7-13/h11,13-14H,3-10H2,1-2H3. The lowest BCUT2D eigenvalue weighted by Gasteiger charge is -2.21. The average molecular weight is 273 g/mol. The van der Waals surface area contributed by atoms with Crippen molar-refractivity contribution < 1.29 is 9.53 Å². The third-order valence-corrected chi connectivity index (χ3v) is 3.76. The van der Waals surface area contributed by atoms with E-state index in [4.69, 9.17) is 16.3 Å². The smallest absolute Gasteiger partial charge is 0.349 e. The maximum absolute atomic E-state index is 11.5. The van der Waals surface area contributed by atoms with Gasteiger partial charge in [-0.2, -0.15) is 0 Å². The third-order valence-electron chi connectivity index (χ3n) is 3.60. The normalized spacial score (nSPS) is 18.0. The molecule has 0 saturated heterocycles. The lowest BCUT2D eigenvalue weighted by molar-refractivity contribution is -0.144. The van der Waals surface area contributed by atoms with Crippen LogP contribution >= 0.6 is 11.6 Å². The fourth-order valence-corrected chi connectivity index (χ4v) is 2.73. The Labute approximate surface area is 116 Å². The van der Waals surface area contributed by atoms with Gasteiger partial charge < -0.3 is 4.74 Å². The van der Waals surface area contributed by atoms with Crippen LogP contribution in [-0.4, -0.2) is 12.1 Å². The Morgan fingerprint density at radius 1 is 1.39 bits per heavy atom. The van der Waals surface area contributed by atoms with E-state index >= 15 is 0 Å². The number of halogens is 1. The van der Waals surface area contributed by atoms with Gasteiger partial charge in [0, 0.05) is 0 Å². The van der Waals surface area contributed by atoms with Gasteiger partial charge in [-0.05, 0) is 31.1 Å². The molecular formula is C15H25ClO2. The maximum atomic E-state index is 11.5. The lowest BCUT2D eigenvalue weighted by Crippen LogP contribution is -2.21. The van der Waals surface area contributed by atoms with E-state index in [-0.39, 0.29) is 11.1 Å². The Morgan fingerprint density at radius 2 is 2.00 bits per heavy atom. The summed E-state index contributed by atoms with van der Waals surface area (Å²) in [6.45, 7) is 7.71. The minimum Gasteiger partial charge on any atom is -0.458 e. The molecule has 1 rings (SSSR count). The summed E-state index contributed by atoms with van der Waals surface area (Å²) in [4.78, 5) is 11.5. The first-order valence-electron chi connectivity index (χ1n) is 7.04. The van der Waals surface area contributed by atoms with E-state index in [0.717, 1.165) is 18.8 Å². The van der Waals surface area contributed by atoms with E-state index in [1.165, 1.54) is 32.1 Å². The Bertz CT molecular complexity index is 280. The van der Waals surface area contributed by atoms with Crippen molar-refractivity contribution >= 4 is 17.6 Å². The summed E-state index contributed by atoms with van der Waals surface area (Å²) in [5, 5.41) is -0.0235. The fraction of sp³-hybridized carbons (Fsp3) is 0.800. The van der Waals surface area contributed by atoms with Crippen LogP contribution in [0.3, 0.4) is 0 Å². The third kappa shape index (κ3) is 5.90. The Balaban J connectivity index is 2.38. The molecular weight excluding hydrogens is 248 g/mol. The minimum absolute atomic E-state index is 0.00593. The van der Waals surface area contributed by atoms with Crippen LogP contribution in [0.4, 0.5) is 0 Å². The van der Waals surface area contributed by atoms with Crippen molar-refractivity contribution in [2.24, 2.45) is 11.8 Å². The highest BCUT2D eigenvalue weighted by Crippen LogP contribution is 2.30. The van der Waals surface area contributed by atoms with Crippen LogP contribution in [0.25, 0.3) is 0 Å². The molecule has 2 nitrogen and oxygen atoms in total. The molecule has 3 heteroatoms. The second-order valence-corrected chi connectivity index (χ2v) is 6.25. The van der Waals surface area contributed by atoms with Gasteiger partial charge in [0.15, 0.2) is 0 Å². The van der Waals surface area contributed by atoms with Gasteiger partial charge in [0.2, 0.25) is 0 Å². The average Bonchev–Trinajstić information content (AvgIpc) is 2.77. The number of ether oxygens (including phenoxy) is 1. The molecule has 0 N–H and O–H groups in total. The first kappa shape index (κ1) is 15.6. The highest BCUT2D eigenvalue weighted by Gasteiger charge is 2.21. The second-order valence-electron chi connectivity index (χ2n) is 5.79. The predicted octanol–water partition coefficient (Wildman–Crippen LogP) is 4.67. The molecule has 1 aliphatic carbocycles. The molecule has 0 aromatic heterocycles. The lowest BCUT2D eigenvalue weighted by atomic mass is 9.95. The van der Waals surface area contributed by atoms with Crippen LogP contribution in [0.15, 0.2) is 11.6 Å². The summed E-state index contributed by atoms with van der Waals surface area (Å²) in [7, 11) is 0. The maximum Gasteiger partial charge on any atom is 0.349 e.